The first kappa shape index (κ1) is 11.7. The van der Waals surface area contributed by atoms with Crippen LogP contribution >= 0.6 is 0 Å². The molecule has 1 unspecified atom stereocenters. The summed E-state index contributed by atoms with van der Waals surface area (Å²) in [6.45, 7) is 1.28. The second-order valence-electron chi connectivity index (χ2n) is 4.01. The van der Waals surface area contributed by atoms with Crippen LogP contribution in [0.5, 0.6) is 5.75 Å². The van der Waals surface area contributed by atoms with E-state index in [1.54, 1.807) is 6.07 Å². The molecule has 0 aromatic heterocycles. The van der Waals surface area contributed by atoms with E-state index in [1.807, 2.05) is 0 Å². The minimum absolute atomic E-state index is 0.0462. The van der Waals surface area contributed by atoms with Gasteiger partial charge in [0, 0.05) is 6.61 Å². The molecule has 1 aromatic carbocycles. The first-order valence-corrected chi connectivity index (χ1v) is 5.54. The van der Waals surface area contributed by atoms with Gasteiger partial charge in [-0.15, -0.1) is 0 Å². The van der Waals surface area contributed by atoms with Crippen molar-refractivity contribution < 1.29 is 19.4 Å². The Morgan fingerprint density at radius 2 is 2.35 bits per heavy atom. The Morgan fingerprint density at radius 1 is 1.53 bits per heavy atom. The fourth-order valence-corrected chi connectivity index (χ4v) is 1.75. The van der Waals surface area contributed by atoms with Gasteiger partial charge in [0.05, 0.1) is 17.9 Å². The van der Waals surface area contributed by atoms with E-state index in [0.717, 1.165) is 19.4 Å². The van der Waals surface area contributed by atoms with E-state index in [-0.39, 0.29) is 11.7 Å². The van der Waals surface area contributed by atoms with Crippen molar-refractivity contribution in [1.82, 2.24) is 0 Å². The molecule has 5 nitrogen and oxygen atoms in total. The highest BCUT2D eigenvalue weighted by molar-refractivity contribution is 5.89. The molecule has 1 heterocycles. The van der Waals surface area contributed by atoms with Gasteiger partial charge in [0.25, 0.3) is 0 Å². The summed E-state index contributed by atoms with van der Waals surface area (Å²) in [5.74, 6) is -0.574. The molecular formula is C12H15NO4. The summed E-state index contributed by atoms with van der Waals surface area (Å²) < 4.78 is 11.0. The molecule has 2 rings (SSSR count). The Balaban J connectivity index is 2.13. The number of carboxylic acids is 1. The molecular weight excluding hydrogens is 222 g/mol. The SMILES string of the molecule is Nc1ccc(C(=O)O)cc1OC1CCCOC1. The Morgan fingerprint density at radius 3 is 3.00 bits per heavy atom. The van der Waals surface area contributed by atoms with Gasteiger partial charge >= 0.3 is 5.97 Å². The van der Waals surface area contributed by atoms with Gasteiger partial charge < -0.3 is 20.3 Å². The van der Waals surface area contributed by atoms with Crippen molar-refractivity contribution in [2.75, 3.05) is 18.9 Å². The van der Waals surface area contributed by atoms with Gasteiger partial charge in [-0.25, -0.2) is 4.79 Å². The molecule has 17 heavy (non-hydrogen) atoms. The highest BCUT2D eigenvalue weighted by Crippen LogP contribution is 2.25. The van der Waals surface area contributed by atoms with Gasteiger partial charge in [-0.3, -0.25) is 0 Å². The lowest BCUT2D eigenvalue weighted by molar-refractivity contribution is 0.00771. The van der Waals surface area contributed by atoms with Crippen LogP contribution in [0, 0.1) is 0 Å². The molecule has 1 aromatic rings. The van der Waals surface area contributed by atoms with Crippen LogP contribution in [0.25, 0.3) is 0 Å². The Kier molecular flexibility index (Phi) is 3.49. The van der Waals surface area contributed by atoms with E-state index in [9.17, 15) is 4.79 Å². The first-order valence-electron chi connectivity index (χ1n) is 5.54. The zero-order valence-corrected chi connectivity index (χ0v) is 9.39. The van der Waals surface area contributed by atoms with Crippen LogP contribution in [0.15, 0.2) is 18.2 Å². The van der Waals surface area contributed by atoms with Crippen molar-refractivity contribution in [2.45, 2.75) is 18.9 Å². The average molecular weight is 237 g/mol. The van der Waals surface area contributed by atoms with Crippen molar-refractivity contribution in [2.24, 2.45) is 0 Å². The largest absolute Gasteiger partial charge is 0.486 e. The molecule has 0 spiro atoms. The summed E-state index contributed by atoms with van der Waals surface area (Å²) >= 11 is 0. The topological polar surface area (TPSA) is 81.8 Å². The van der Waals surface area contributed by atoms with Crippen LogP contribution in [-0.2, 0) is 4.74 Å². The normalized spacial score (nSPS) is 19.9. The molecule has 5 heteroatoms. The average Bonchev–Trinajstić information content (AvgIpc) is 2.33. The number of ether oxygens (including phenoxy) is 2. The highest BCUT2D eigenvalue weighted by Gasteiger charge is 2.17. The van der Waals surface area contributed by atoms with Crippen molar-refractivity contribution in [3.63, 3.8) is 0 Å². The van der Waals surface area contributed by atoms with Gasteiger partial charge in [0.15, 0.2) is 0 Å². The van der Waals surface area contributed by atoms with Gasteiger partial charge in [-0.1, -0.05) is 0 Å². The smallest absolute Gasteiger partial charge is 0.335 e. The number of rotatable bonds is 3. The van der Waals surface area contributed by atoms with Gasteiger partial charge in [0.1, 0.15) is 11.9 Å². The first-order chi connectivity index (χ1) is 8.16. The fraction of sp³-hybridized carbons (Fsp3) is 0.417. The minimum Gasteiger partial charge on any atom is -0.486 e. The quantitative estimate of drug-likeness (QED) is 0.779. The van der Waals surface area contributed by atoms with Crippen LogP contribution in [0.3, 0.4) is 0 Å². The summed E-state index contributed by atoms with van der Waals surface area (Å²) in [5, 5.41) is 8.88. The third kappa shape index (κ3) is 2.88. The highest BCUT2D eigenvalue weighted by atomic mass is 16.5. The standard InChI is InChI=1S/C12H15NO4/c13-10-4-3-8(12(14)15)6-11(10)17-9-2-1-5-16-7-9/h3-4,6,9H,1-2,5,7,13H2,(H,14,15). The zero-order chi connectivity index (χ0) is 12.3. The van der Waals surface area contributed by atoms with Gasteiger partial charge in [0.2, 0.25) is 0 Å². The van der Waals surface area contributed by atoms with Crippen molar-refractivity contribution in [3.05, 3.63) is 23.8 Å². The number of carbonyl (C=O) groups is 1. The predicted octanol–water partition coefficient (Wildman–Crippen LogP) is 1.52. The van der Waals surface area contributed by atoms with Crippen molar-refractivity contribution >= 4 is 11.7 Å². The number of aromatic carboxylic acids is 1. The molecule has 0 radical (unpaired) electrons. The molecule has 1 fully saturated rings. The summed E-state index contributed by atoms with van der Waals surface area (Å²) in [5.41, 5.74) is 6.37. The number of benzene rings is 1. The summed E-state index contributed by atoms with van der Waals surface area (Å²) in [6.07, 6.45) is 1.80. The third-order valence-corrected chi connectivity index (χ3v) is 2.67. The Hall–Kier alpha value is -1.75. The second-order valence-corrected chi connectivity index (χ2v) is 4.01. The van der Waals surface area contributed by atoms with E-state index < -0.39 is 5.97 Å². The van der Waals surface area contributed by atoms with Crippen LogP contribution in [0.1, 0.15) is 23.2 Å². The van der Waals surface area contributed by atoms with E-state index in [0.29, 0.717) is 18.0 Å². The number of anilines is 1. The number of hydrogen-bond donors (Lipinski definition) is 2. The molecule has 92 valence electrons. The molecule has 0 bridgehead atoms. The number of carboxylic acid groups (broad SMARTS) is 1. The van der Waals surface area contributed by atoms with Crippen LogP contribution in [0.4, 0.5) is 5.69 Å². The zero-order valence-electron chi connectivity index (χ0n) is 9.39. The summed E-state index contributed by atoms with van der Waals surface area (Å²) in [7, 11) is 0. The van der Waals surface area contributed by atoms with E-state index >= 15 is 0 Å². The Bertz CT molecular complexity index is 413. The molecule has 1 aliphatic heterocycles. The number of nitrogen functional groups attached to an aromatic ring is 1. The number of nitrogens with two attached hydrogens (primary N) is 1. The van der Waals surface area contributed by atoms with Crippen molar-refractivity contribution in [3.8, 4) is 5.75 Å². The maximum atomic E-state index is 10.8. The van der Waals surface area contributed by atoms with Crippen LogP contribution < -0.4 is 10.5 Å². The lowest BCUT2D eigenvalue weighted by atomic mass is 10.1. The van der Waals surface area contributed by atoms with Gasteiger partial charge in [-0.05, 0) is 31.0 Å². The molecule has 0 amide bonds. The molecule has 0 aliphatic carbocycles. The minimum atomic E-state index is -0.991. The summed E-state index contributed by atoms with van der Waals surface area (Å²) in [6, 6.07) is 4.45. The van der Waals surface area contributed by atoms with E-state index in [4.69, 9.17) is 20.3 Å². The molecule has 1 aliphatic rings. The van der Waals surface area contributed by atoms with Crippen LogP contribution in [-0.4, -0.2) is 30.4 Å². The molecule has 1 atom stereocenters. The second kappa shape index (κ2) is 5.05. The molecule has 3 N–H and O–H groups in total. The monoisotopic (exact) mass is 237 g/mol. The van der Waals surface area contributed by atoms with Crippen molar-refractivity contribution in [1.29, 1.82) is 0 Å². The van der Waals surface area contributed by atoms with E-state index in [1.165, 1.54) is 12.1 Å². The maximum absolute atomic E-state index is 10.8. The summed E-state index contributed by atoms with van der Waals surface area (Å²) in [4.78, 5) is 10.8. The third-order valence-electron chi connectivity index (χ3n) is 2.67. The molecule has 1 saturated heterocycles. The van der Waals surface area contributed by atoms with Gasteiger partial charge in [-0.2, -0.15) is 0 Å². The molecule has 0 saturated carbocycles. The fourth-order valence-electron chi connectivity index (χ4n) is 1.75. The predicted molar refractivity (Wildman–Crippen MR) is 62.3 cm³/mol. The van der Waals surface area contributed by atoms with E-state index in [2.05, 4.69) is 0 Å². The van der Waals surface area contributed by atoms with Crippen LogP contribution in [0.2, 0.25) is 0 Å². The lowest BCUT2D eigenvalue weighted by Gasteiger charge is -2.24. The number of hydrogen-bond acceptors (Lipinski definition) is 4. The lowest BCUT2D eigenvalue weighted by Crippen LogP contribution is -2.28. The Labute approximate surface area is 99.1 Å². The maximum Gasteiger partial charge on any atom is 0.335 e.